The molecule has 1 atom stereocenters. The van der Waals surface area contributed by atoms with Crippen molar-refractivity contribution in [2.24, 2.45) is 0 Å². The highest BCUT2D eigenvalue weighted by Gasteiger charge is 2.18. The number of nitrogens with zero attached hydrogens (tertiary/aromatic N) is 3. The first-order valence-electron chi connectivity index (χ1n) is 11.7. The minimum atomic E-state index is 0.0575. The molecule has 4 aromatic carbocycles. The summed E-state index contributed by atoms with van der Waals surface area (Å²) in [4.78, 5) is 13.6. The monoisotopic (exact) mass is 471 g/mol. The highest BCUT2D eigenvalue weighted by molar-refractivity contribution is 6.28. The van der Waals surface area contributed by atoms with Crippen molar-refractivity contribution in [2.75, 3.05) is 0 Å². The first-order valence-corrected chi connectivity index (χ1v) is 12.1. The number of halogens is 1. The van der Waals surface area contributed by atoms with E-state index in [0.29, 0.717) is 11.6 Å². The molecule has 0 amide bonds. The molecule has 0 fully saturated rings. The summed E-state index contributed by atoms with van der Waals surface area (Å²) in [6.07, 6.45) is 7.37. The van der Waals surface area contributed by atoms with Gasteiger partial charge in [0.15, 0.2) is 5.82 Å². The third kappa shape index (κ3) is 4.51. The Kier molecular flexibility index (Phi) is 5.69. The minimum absolute atomic E-state index is 0.0575. The van der Waals surface area contributed by atoms with Gasteiger partial charge in [0, 0.05) is 11.5 Å². The lowest BCUT2D eigenvalue weighted by atomic mass is 9.91. The number of benzene rings is 4. The van der Waals surface area contributed by atoms with Gasteiger partial charge in [0.2, 0.25) is 5.28 Å². The summed E-state index contributed by atoms with van der Waals surface area (Å²) >= 11 is 6.33. The van der Waals surface area contributed by atoms with Gasteiger partial charge in [-0.2, -0.15) is 4.98 Å². The van der Waals surface area contributed by atoms with Gasteiger partial charge >= 0.3 is 0 Å². The van der Waals surface area contributed by atoms with Gasteiger partial charge in [0.25, 0.3) is 0 Å². The van der Waals surface area contributed by atoms with E-state index in [1.807, 2.05) is 24.3 Å². The van der Waals surface area contributed by atoms with Gasteiger partial charge < -0.3 is 0 Å². The maximum atomic E-state index is 6.33. The Bertz CT molecular complexity index is 1570. The predicted octanol–water partition coefficient (Wildman–Crippen LogP) is 8.14. The number of aromatic nitrogens is 3. The SMILES string of the molecule is Clc1nc(-c2ccc3ccccc3c2)nc(C2C=CC(c3ccc(-c4ccccc4)cc3)=CC2)n1. The highest BCUT2D eigenvalue weighted by atomic mass is 35.5. The molecule has 1 aromatic heterocycles. The summed E-state index contributed by atoms with van der Waals surface area (Å²) < 4.78 is 0. The summed E-state index contributed by atoms with van der Waals surface area (Å²) in [5.41, 5.74) is 5.78. The lowest BCUT2D eigenvalue weighted by Gasteiger charge is -2.16. The Hall–Kier alpha value is -4.08. The van der Waals surface area contributed by atoms with Crippen molar-refractivity contribution in [3.63, 3.8) is 0 Å². The van der Waals surface area contributed by atoms with E-state index in [4.69, 9.17) is 16.6 Å². The number of rotatable bonds is 4. The molecular formula is C31H22ClN3. The summed E-state index contributed by atoms with van der Waals surface area (Å²) in [6, 6.07) is 33.6. The molecule has 0 radical (unpaired) electrons. The van der Waals surface area contributed by atoms with E-state index in [2.05, 4.69) is 101 Å². The molecule has 0 spiro atoms. The maximum absolute atomic E-state index is 6.33. The van der Waals surface area contributed by atoms with Crippen molar-refractivity contribution in [2.45, 2.75) is 12.3 Å². The number of allylic oxidation sites excluding steroid dienone is 4. The molecule has 0 saturated carbocycles. The second-order valence-corrected chi connectivity index (χ2v) is 8.99. The molecule has 5 aromatic rings. The smallest absolute Gasteiger partial charge is 0.212 e. The van der Waals surface area contributed by atoms with E-state index < -0.39 is 0 Å². The van der Waals surface area contributed by atoms with Gasteiger partial charge in [-0.3, -0.25) is 0 Å². The highest BCUT2D eigenvalue weighted by Crippen LogP contribution is 2.31. The molecule has 168 valence electrons. The summed E-state index contributed by atoms with van der Waals surface area (Å²) in [5.74, 6) is 1.35. The van der Waals surface area contributed by atoms with E-state index in [-0.39, 0.29) is 11.2 Å². The number of fused-ring (bicyclic) bond motifs is 1. The molecule has 35 heavy (non-hydrogen) atoms. The average molecular weight is 472 g/mol. The van der Waals surface area contributed by atoms with E-state index in [9.17, 15) is 0 Å². The Labute approximate surface area is 209 Å². The first kappa shape index (κ1) is 21.5. The van der Waals surface area contributed by atoms with Crippen LogP contribution in [0, 0.1) is 0 Å². The fraction of sp³-hybridized carbons (Fsp3) is 0.0645. The lowest BCUT2D eigenvalue weighted by Crippen LogP contribution is -2.07. The van der Waals surface area contributed by atoms with Gasteiger partial charge in [-0.1, -0.05) is 109 Å². The first-order chi connectivity index (χ1) is 17.2. The van der Waals surface area contributed by atoms with Crippen LogP contribution >= 0.6 is 11.6 Å². The Morgan fingerprint density at radius 3 is 2.09 bits per heavy atom. The van der Waals surface area contributed by atoms with Gasteiger partial charge in [-0.15, -0.1) is 0 Å². The van der Waals surface area contributed by atoms with Crippen LogP contribution in [0.15, 0.2) is 115 Å². The molecule has 3 nitrogen and oxygen atoms in total. The van der Waals surface area contributed by atoms with Crippen LogP contribution in [0.5, 0.6) is 0 Å². The molecular weight excluding hydrogens is 450 g/mol. The van der Waals surface area contributed by atoms with Gasteiger partial charge in [-0.05, 0) is 57.1 Å². The number of hydrogen-bond acceptors (Lipinski definition) is 3. The van der Waals surface area contributed by atoms with Crippen LogP contribution in [0.1, 0.15) is 23.7 Å². The Balaban J connectivity index is 1.23. The van der Waals surface area contributed by atoms with Gasteiger partial charge in [0.1, 0.15) is 5.82 Å². The summed E-state index contributed by atoms with van der Waals surface area (Å²) in [6.45, 7) is 0. The molecule has 6 rings (SSSR count). The van der Waals surface area contributed by atoms with Crippen LogP contribution in [-0.4, -0.2) is 15.0 Å². The van der Waals surface area contributed by atoms with Crippen molar-refractivity contribution in [3.05, 3.63) is 132 Å². The van der Waals surface area contributed by atoms with Gasteiger partial charge in [0.05, 0.1) is 0 Å². The molecule has 0 aliphatic heterocycles. The third-order valence-electron chi connectivity index (χ3n) is 6.39. The zero-order valence-electron chi connectivity index (χ0n) is 19.0. The largest absolute Gasteiger partial charge is 0.226 e. The normalized spacial score (nSPS) is 15.2. The standard InChI is InChI=1S/C31H22ClN3/c32-31-34-29(33-30(35-31)28-19-16-22-8-4-5-9-27(22)20-28)26-17-14-25(15-18-26)24-12-10-23(11-13-24)21-6-2-1-3-7-21/h1-17,19-20,26H,18H2. The quantitative estimate of drug-likeness (QED) is 0.265. The van der Waals surface area contributed by atoms with Crippen LogP contribution in [0.3, 0.4) is 0 Å². The van der Waals surface area contributed by atoms with E-state index in [0.717, 1.165) is 17.4 Å². The molecule has 1 unspecified atom stereocenters. The second kappa shape index (κ2) is 9.28. The molecule has 4 heteroatoms. The van der Waals surface area contributed by atoms with E-state index in [1.54, 1.807) is 0 Å². The Morgan fingerprint density at radius 2 is 1.31 bits per heavy atom. The lowest BCUT2D eigenvalue weighted by molar-refractivity contribution is 0.763. The molecule has 1 aliphatic carbocycles. The van der Waals surface area contributed by atoms with Crippen molar-refractivity contribution < 1.29 is 0 Å². The molecule has 1 heterocycles. The van der Waals surface area contributed by atoms with Crippen LogP contribution in [0.2, 0.25) is 5.28 Å². The minimum Gasteiger partial charge on any atom is -0.212 e. The Morgan fingerprint density at radius 1 is 0.629 bits per heavy atom. The molecule has 1 aliphatic rings. The topological polar surface area (TPSA) is 38.7 Å². The van der Waals surface area contributed by atoms with Crippen molar-refractivity contribution in [3.8, 4) is 22.5 Å². The van der Waals surface area contributed by atoms with Crippen LogP contribution in [-0.2, 0) is 0 Å². The maximum Gasteiger partial charge on any atom is 0.226 e. The zero-order chi connectivity index (χ0) is 23.6. The molecule has 0 bridgehead atoms. The van der Waals surface area contributed by atoms with Crippen molar-refractivity contribution in [1.82, 2.24) is 15.0 Å². The van der Waals surface area contributed by atoms with Crippen LogP contribution < -0.4 is 0 Å². The van der Waals surface area contributed by atoms with Crippen molar-refractivity contribution in [1.29, 1.82) is 0 Å². The van der Waals surface area contributed by atoms with E-state index >= 15 is 0 Å². The fourth-order valence-electron chi connectivity index (χ4n) is 4.50. The van der Waals surface area contributed by atoms with Crippen LogP contribution in [0.4, 0.5) is 0 Å². The van der Waals surface area contributed by atoms with Gasteiger partial charge in [-0.25, -0.2) is 9.97 Å². The molecule has 0 saturated heterocycles. The van der Waals surface area contributed by atoms with E-state index in [1.165, 1.54) is 27.6 Å². The average Bonchev–Trinajstić information content (AvgIpc) is 2.93. The van der Waals surface area contributed by atoms with Crippen molar-refractivity contribution >= 4 is 27.9 Å². The summed E-state index contributed by atoms with van der Waals surface area (Å²) in [5, 5.41) is 2.55. The summed E-state index contributed by atoms with van der Waals surface area (Å²) in [7, 11) is 0. The third-order valence-corrected chi connectivity index (χ3v) is 6.56. The number of hydrogen-bond donors (Lipinski definition) is 0. The zero-order valence-corrected chi connectivity index (χ0v) is 19.7. The van der Waals surface area contributed by atoms with Crippen LogP contribution in [0.25, 0.3) is 38.9 Å². The molecule has 0 N–H and O–H groups in total. The second-order valence-electron chi connectivity index (χ2n) is 8.65. The fourth-order valence-corrected chi connectivity index (χ4v) is 4.67. The predicted molar refractivity (Wildman–Crippen MR) is 144 cm³/mol.